The average molecular weight is 232 g/mol. The van der Waals surface area contributed by atoms with Crippen molar-refractivity contribution in [3.63, 3.8) is 0 Å². The zero-order valence-corrected chi connectivity index (χ0v) is 10.2. The minimum atomic E-state index is 0.854. The quantitative estimate of drug-likeness (QED) is 0.775. The van der Waals surface area contributed by atoms with E-state index < -0.39 is 0 Å². The fraction of sp³-hybridized carbons (Fsp3) is 0.538. The van der Waals surface area contributed by atoms with E-state index in [1.807, 2.05) is 6.07 Å². The van der Waals surface area contributed by atoms with Crippen LogP contribution in [0.5, 0.6) is 0 Å². The summed E-state index contributed by atoms with van der Waals surface area (Å²) in [5.41, 5.74) is 12.6. The molecule has 0 aromatic heterocycles. The fourth-order valence-corrected chi connectivity index (χ4v) is 2.67. The van der Waals surface area contributed by atoms with Crippen LogP contribution in [0.4, 0.5) is 11.4 Å². The number of nitrogens with one attached hydrogen (secondary N) is 1. The molecule has 2 heterocycles. The van der Waals surface area contributed by atoms with Crippen molar-refractivity contribution in [3.05, 3.63) is 23.8 Å². The first-order valence-corrected chi connectivity index (χ1v) is 6.44. The molecule has 0 radical (unpaired) electrons. The summed E-state index contributed by atoms with van der Waals surface area (Å²) in [7, 11) is 0. The summed E-state index contributed by atoms with van der Waals surface area (Å²) in [5.74, 6) is 0. The molecule has 0 unspecified atom stereocenters. The molecule has 0 spiro atoms. The highest BCUT2D eigenvalue weighted by atomic mass is 15.5. The molecule has 17 heavy (non-hydrogen) atoms. The van der Waals surface area contributed by atoms with Crippen molar-refractivity contribution in [1.29, 1.82) is 0 Å². The Balaban J connectivity index is 1.55. The second-order valence-electron chi connectivity index (χ2n) is 5.00. The van der Waals surface area contributed by atoms with Gasteiger partial charge in [-0.15, -0.1) is 0 Å². The van der Waals surface area contributed by atoms with E-state index in [2.05, 4.69) is 27.5 Å². The third-order valence-electron chi connectivity index (χ3n) is 3.65. The Morgan fingerprint density at radius 3 is 2.82 bits per heavy atom. The molecule has 3 N–H and O–H groups in total. The molecule has 4 nitrogen and oxygen atoms in total. The van der Waals surface area contributed by atoms with Crippen molar-refractivity contribution < 1.29 is 0 Å². The van der Waals surface area contributed by atoms with E-state index in [1.165, 1.54) is 37.2 Å². The normalized spacial score (nSPS) is 20.5. The van der Waals surface area contributed by atoms with Gasteiger partial charge in [0.15, 0.2) is 0 Å². The number of fused-ring (bicyclic) bond motifs is 1. The van der Waals surface area contributed by atoms with E-state index in [-0.39, 0.29) is 0 Å². The number of rotatable bonds is 3. The number of likely N-dealkylation sites (tertiary alicyclic amines) is 1. The first-order valence-electron chi connectivity index (χ1n) is 6.44. The predicted molar refractivity (Wildman–Crippen MR) is 70.6 cm³/mol. The summed E-state index contributed by atoms with van der Waals surface area (Å²) in [6.45, 7) is 5.75. The second kappa shape index (κ2) is 4.55. The second-order valence-corrected chi connectivity index (χ2v) is 5.00. The van der Waals surface area contributed by atoms with Crippen LogP contribution in [0.3, 0.4) is 0 Å². The maximum absolute atomic E-state index is 5.80. The number of hydrogen-bond donors (Lipinski definition) is 2. The minimum absolute atomic E-state index is 0.854. The Morgan fingerprint density at radius 2 is 2.00 bits per heavy atom. The monoisotopic (exact) mass is 232 g/mol. The molecule has 0 atom stereocenters. The SMILES string of the molecule is Nc1ccc2c(c1)CN(CCN1CCCC1)N2. The molecule has 0 saturated carbocycles. The lowest BCUT2D eigenvalue weighted by molar-refractivity contribution is 0.259. The Labute approximate surface area is 102 Å². The molecule has 1 aromatic carbocycles. The van der Waals surface area contributed by atoms with E-state index in [1.54, 1.807) is 0 Å². The summed E-state index contributed by atoms with van der Waals surface area (Å²) < 4.78 is 0. The summed E-state index contributed by atoms with van der Waals surface area (Å²) in [4.78, 5) is 2.54. The Bertz CT molecular complexity index is 398. The summed E-state index contributed by atoms with van der Waals surface area (Å²) in [6, 6.07) is 6.09. The van der Waals surface area contributed by atoms with Crippen LogP contribution in [-0.2, 0) is 6.54 Å². The highest BCUT2D eigenvalue weighted by Gasteiger charge is 2.19. The third-order valence-corrected chi connectivity index (χ3v) is 3.65. The Hall–Kier alpha value is -1.26. The predicted octanol–water partition coefficient (Wildman–Crippen LogP) is 1.51. The Kier molecular flexibility index (Phi) is 2.91. The largest absolute Gasteiger partial charge is 0.399 e. The van der Waals surface area contributed by atoms with Crippen molar-refractivity contribution in [2.24, 2.45) is 0 Å². The molecular formula is C13H20N4. The van der Waals surface area contributed by atoms with Gasteiger partial charge in [-0.05, 0) is 49.7 Å². The van der Waals surface area contributed by atoms with Crippen LogP contribution in [0, 0.1) is 0 Å². The van der Waals surface area contributed by atoms with Gasteiger partial charge in [0.25, 0.3) is 0 Å². The van der Waals surface area contributed by atoms with Crippen molar-refractivity contribution in [2.75, 3.05) is 37.3 Å². The molecule has 2 aliphatic rings. The van der Waals surface area contributed by atoms with Gasteiger partial charge in [-0.3, -0.25) is 0 Å². The molecule has 92 valence electrons. The van der Waals surface area contributed by atoms with Crippen LogP contribution in [0.2, 0.25) is 0 Å². The van der Waals surface area contributed by atoms with Crippen molar-refractivity contribution in [1.82, 2.24) is 9.91 Å². The smallest absolute Gasteiger partial charge is 0.0537 e. The standard InChI is InChI=1S/C13H20N4/c14-12-3-4-13-11(9-12)10-17(15-13)8-7-16-5-1-2-6-16/h3-4,9,15H,1-2,5-8,10,14H2. The molecule has 1 aromatic rings. The zero-order valence-electron chi connectivity index (χ0n) is 10.2. The summed E-state index contributed by atoms with van der Waals surface area (Å²) in [6.07, 6.45) is 2.73. The fourth-order valence-electron chi connectivity index (χ4n) is 2.67. The van der Waals surface area contributed by atoms with Crippen LogP contribution < -0.4 is 11.2 Å². The molecule has 0 amide bonds. The molecule has 2 aliphatic heterocycles. The van der Waals surface area contributed by atoms with Crippen LogP contribution in [0.15, 0.2) is 18.2 Å². The van der Waals surface area contributed by atoms with Gasteiger partial charge in [0.2, 0.25) is 0 Å². The lowest BCUT2D eigenvalue weighted by Gasteiger charge is -2.20. The van der Waals surface area contributed by atoms with Gasteiger partial charge in [-0.25, -0.2) is 5.01 Å². The van der Waals surface area contributed by atoms with E-state index in [4.69, 9.17) is 5.73 Å². The van der Waals surface area contributed by atoms with E-state index in [0.717, 1.165) is 25.3 Å². The highest BCUT2D eigenvalue weighted by Crippen LogP contribution is 2.26. The highest BCUT2D eigenvalue weighted by molar-refractivity contribution is 5.59. The summed E-state index contributed by atoms with van der Waals surface area (Å²) in [5, 5.41) is 2.28. The maximum atomic E-state index is 5.80. The van der Waals surface area contributed by atoms with Crippen LogP contribution >= 0.6 is 0 Å². The van der Waals surface area contributed by atoms with Crippen LogP contribution in [-0.4, -0.2) is 36.1 Å². The third kappa shape index (κ3) is 2.37. The average Bonchev–Trinajstić information content (AvgIpc) is 2.94. The minimum Gasteiger partial charge on any atom is -0.399 e. The number of hydrazine groups is 1. The molecule has 1 fully saturated rings. The molecule has 0 bridgehead atoms. The first-order chi connectivity index (χ1) is 8.31. The van der Waals surface area contributed by atoms with Crippen molar-refractivity contribution in [3.8, 4) is 0 Å². The summed E-state index contributed by atoms with van der Waals surface area (Å²) >= 11 is 0. The van der Waals surface area contributed by atoms with Gasteiger partial charge in [0.1, 0.15) is 0 Å². The van der Waals surface area contributed by atoms with Crippen LogP contribution in [0.25, 0.3) is 0 Å². The van der Waals surface area contributed by atoms with E-state index in [0.29, 0.717) is 0 Å². The number of benzene rings is 1. The first kappa shape index (κ1) is 10.9. The molecule has 1 saturated heterocycles. The zero-order chi connectivity index (χ0) is 11.7. The number of hydrogen-bond acceptors (Lipinski definition) is 4. The van der Waals surface area contributed by atoms with Gasteiger partial charge < -0.3 is 16.1 Å². The molecule has 3 rings (SSSR count). The van der Waals surface area contributed by atoms with Gasteiger partial charge in [-0.2, -0.15) is 0 Å². The van der Waals surface area contributed by atoms with Crippen molar-refractivity contribution in [2.45, 2.75) is 19.4 Å². The number of anilines is 2. The molecular weight excluding hydrogens is 212 g/mol. The lowest BCUT2D eigenvalue weighted by Crippen LogP contribution is -2.33. The Morgan fingerprint density at radius 1 is 1.18 bits per heavy atom. The topological polar surface area (TPSA) is 44.5 Å². The maximum Gasteiger partial charge on any atom is 0.0537 e. The number of nitrogens with zero attached hydrogens (tertiary/aromatic N) is 2. The van der Waals surface area contributed by atoms with Gasteiger partial charge in [-0.1, -0.05) is 0 Å². The number of nitrogens with two attached hydrogens (primary N) is 1. The van der Waals surface area contributed by atoms with Gasteiger partial charge in [0, 0.05) is 25.3 Å². The number of nitrogen functional groups attached to an aromatic ring is 1. The van der Waals surface area contributed by atoms with Crippen molar-refractivity contribution >= 4 is 11.4 Å². The van der Waals surface area contributed by atoms with Crippen LogP contribution in [0.1, 0.15) is 18.4 Å². The molecule has 4 heteroatoms. The van der Waals surface area contributed by atoms with E-state index in [9.17, 15) is 0 Å². The molecule has 0 aliphatic carbocycles. The lowest BCUT2D eigenvalue weighted by atomic mass is 10.2. The van der Waals surface area contributed by atoms with Gasteiger partial charge >= 0.3 is 0 Å². The van der Waals surface area contributed by atoms with E-state index >= 15 is 0 Å². The van der Waals surface area contributed by atoms with Gasteiger partial charge in [0.05, 0.1) is 5.69 Å².